The number of aromatic amines is 1. The van der Waals surface area contributed by atoms with Crippen molar-refractivity contribution in [3.63, 3.8) is 0 Å². The maximum atomic E-state index is 12.3. The average molecular weight is 346 g/mol. The van der Waals surface area contributed by atoms with Gasteiger partial charge in [-0.1, -0.05) is 0 Å². The Morgan fingerprint density at radius 3 is 3.09 bits per heavy atom. The van der Waals surface area contributed by atoms with Crippen LogP contribution in [0.25, 0.3) is 10.7 Å². The highest BCUT2D eigenvalue weighted by Gasteiger charge is 2.19. The van der Waals surface area contributed by atoms with Crippen LogP contribution in [0, 0.1) is 6.92 Å². The van der Waals surface area contributed by atoms with Gasteiger partial charge in [-0.25, -0.2) is 0 Å². The van der Waals surface area contributed by atoms with Crippen LogP contribution in [0.15, 0.2) is 18.2 Å². The van der Waals surface area contributed by atoms with Crippen molar-refractivity contribution in [2.24, 2.45) is 0 Å². The molecule has 0 unspecified atom stereocenters. The van der Waals surface area contributed by atoms with E-state index in [1.165, 1.54) is 21.1 Å². The fraction of sp³-hybridized carbons (Fsp3) is 0.267. The number of thiophene rings is 2. The van der Waals surface area contributed by atoms with Crippen LogP contribution in [0.2, 0.25) is 0 Å². The molecule has 0 atom stereocenters. The Kier molecular flexibility index (Phi) is 3.72. The standard InChI is InChI=1S/C15H14N4O2S2/c1-8-2-3-11(22-8)13-16-15(19-18-13)17-14(20)12-6-9-7-21-5-4-10(9)23-12/h2-3,6H,4-5,7H2,1H3,(H2,16,17,18,19,20). The summed E-state index contributed by atoms with van der Waals surface area (Å²) in [7, 11) is 0. The molecule has 1 aliphatic rings. The monoisotopic (exact) mass is 346 g/mol. The summed E-state index contributed by atoms with van der Waals surface area (Å²) in [5.74, 6) is 0.772. The topological polar surface area (TPSA) is 79.9 Å². The van der Waals surface area contributed by atoms with Gasteiger partial charge in [0.2, 0.25) is 5.95 Å². The van der Waals surface area contributed by atoms with Gasteiger partial charge in [0.1, 0.15) is 0 Å². The molecule has 0 bridgehead atoms. The Morgan fingerprint density at radius 1 is 1.39 bits per heavy atom. The number of aryl methyl sites for hydroxylation is 1. The Labute approximate surface area is 140 Å². The van der Waals surface area contributed by atoms with Crippen molar-refractivity contribution in [2.75, 3.05) is 11.9 Å². The fourth-order valence-corrected chi connectivity index (χ4v) is 4.26. The second-order valence-electron chi connectivity index (χ2n) is 5.23. The van der Waals surface area contributed by atoms with Crippen molar-refractivity contribution in [3.05, 3.63) is 38.4 Å². The molecule has 3 aromatic heterocycles. The number of nitrogens with one attached hydrogen (secondary N) is 2. The molecule has 1 amide bonds. The fourth-order valence-electron chi connectivity index (χ4n) is 2.41. The largest absolute Gasteiger partial charge is 0.376 e. The molecular weight excluding hydrogens is 332 g/mol. The maximum absolute atomic E-state index is 12.3. The Hall–Kier alpha value is -2.03. The predicted molar refractivity (Wildman–Crippen MR) is 90.1 cm³/mol. The van der Waals surface area contributed by atoms with Crippen molar-refractivity contribution >= 4 is 34.5 Å². The van der Waals surface area contributed by atoms with E-state index in [9.17, 15) is 4.79 Å². The summed E-state index contributed by atoms with van der Waals surface area (Å²) in [6.07, 6.45) is 0.871. The van der Waals surface area contributed by atoms with Crippen LogP contribution in [0.3, 0.4) is 0 Å². The van der Waals surface area contributed by atoms with Crippen LogP contribution in [0.1, 0.15) is 25.0 Å². The quantitative estimate of drug-likeness (QED) is 0.763. The van der Waals surface area contributed by atoms with Gasteiger partial charge in [-0.15, -0.1) is 27.8 Å². The molecule has 2 N–H and O–H groups in total. The molecule has 6 nitrogen and oxygen atoms in total. The third-order valence-electron chi connectivity index (χ3n) is 3.54. The number of hydrogen-bond acceptors (Lipinski definition) is 6. The minimum Gasteiger partial charge on any atom is -0.376 e. The highest BCUT2D eigenvalue weighted by Crippen LogP contribution is 2.28. The summed E-state index contributed by atoms with van der Waals surface area (Å²) in [5, 5.41) is 9.67. The van der Waals surface area contributed by atoms with Crippen molar-refractivity contribution in [1.29, 1.82) is 0 Å². The van der Waals surface area contributed by atoms with Crippen LogP contribution in [0.5, 0.6) is 0 Å². The van der Waals surface area contributed by atoms with Crippen molar-refractivity contribution in [1.82, 2.24) is 15.2 Å². The second-order valence-corrected chi connectivity index (χ2v) is 7.66. The van der Waals surface area contributed by atoms with Crippen molar-refractivity contribution < 1.29 is 9.53 Å². The van der Waals surface area contributed by atoms with E-state index in [1.54, 1.807) is 11.3 Å². The van der Waals surface area contributed by atoms with Gasteiger partial charge in [-0.2, -0.15) is 4.98 Å². The first-order valence-electron chi connectivity index (χ1n) is 7.19. The number of H-pyrrole nitrogens is 1. The molecule has 4 heterocycles. The lowest BCUT2D eigenvalue weighted by molar-refractivity contribution is 0.102. The Morgan fingerprint density at radius 2 is 2.30 bits per heavy atom. The molecule has 4 rings (SSSR count). The van der Waals surface area contributed by atoms with Gasteiger partial charge >= 0.3 is 0 Å². The molecule has 23 heavy (non-hydrogen) atoms. The summed E-state index contributed by atoms with van der Waals surface area (Å²) in [6.45, 7) is 3.34. The van der Waals surface area contributed by atoms with E-state index in [2.05, 4.69) is 20.5 Å². The van der Waals surface area contributed by atoms with Gasteiger partial charge in [0.15, 0.2) is 5.82 Å². The molecule has 0 spiro atoms. The highest BCUT2D eigenvalue weighted by atomic mass is 32.1. The molecule has 0 saturated carbocycles. The van der Waals surface area contributed by atoms with E-state index in [1.807, 2.05) is 25.1 Å². The third-order valence-corrected chi connectivity index (χ3v) is 5.78. The Bertz CT molecular complexity index is 841. The summed E-state index contributed by atoms with van der Waals surface area (Å²) in [4.78, 5) is 20.8. The zero-order valence-corrected chi connectivity index (χ0v) is 14.0. The zero-order chi connectivity index (χ0) is 15.8. The molecule has 0 aliphatic carbocycles. The maximum Gasteiger partial charge on any atom is 0.268 e. The average Bonchev–Trinajstić information content (AvgIpc) is 3.25. The second kappa shape index (κ2) is 5.88. The number of anilines is 1. The molecule has 0 radical (unpaired) electrons. The lowest BCUT2D eigenvalue weighted by atomic mass is 10.2. The number of fused-ring (bicyclic) bond motifs is 1. The van der Waals surface area contributed by atoms with Gasteiger partial charge in [0.25, 0.3) is 5.91 Å². The number of amides is 1. The SMILES string of the molecule is Cc1ccc(-c2nc(NC(=O)c3cc4c(s3)CCOC4)n[nH]2)s1. The summed E-state index contributed by atoms with van der Waals surface area (Å²) in [6, 6.07) is 5.91. The molecule has 8 heteroatoms. The molecular formula is C15H14N4O2S2. The number of carbonyl (C=O) groups is 1. The normalized spacial score (nSPS) is 13.8. The van der Waals surface area contributed by atoms with E-state index >= 15 is 0 Å². The van der Waals surface area contributed by atoms with Crippen LogP contribution in [-0.2, 0) is 17.8 Å². The predicted octanol–water partition coefficient (Wildman–Crippen LogP) is 3.23. The highest BCUT2D eigenvalue weighted by molar-refractivity contribution is 7.15. The summed E-state index contributed by atoms with van der Waals surface area (Å²) in [5.41, 5.74) is 1.11. The molecule has 0 fully saturated rings. The molecule has 1 aliphatic heterocycles. The number of nitrogens with zero attached hydrogens (tertiary/aromatic N) is 2. The Balaban J connectivity index is 1.50. The van der Waals surface area contributed by atoms with E-state index < -0.39 is 0 Å². The summed E-state index contributed by atoms with van der Waals surface area (Å²) < 4.78 is 5.41. The lowest BCUT2D eigenvalue weighted by Crippen LogP contribution is -2.11. The van der Waals surface area contributed by atoms with Crippen LogP contribution in [0.4, 0.5) is 5.95 Å². The third kappa shape index (κ3) is 2.92. The molecule has 118 valence electrons. The van der Waals surface area contributed by atoms with Gasteiger partial charge in [-0.05, 0) is 30.7 Å². The molecule has 0 saturated heterocycles. The van der Waals surface area contributed by atoms with Crippen LogP contribution in [-0.4, -0.2) is 27.7 Å². The number of hydrogen-bond donors (Lipinski definition) is 2. The smallest absolute Gasteiger partial charge is 0.268 e. The van der Waals surface area contributed by atoms with Crippen LogP contribution < -0.4 is 5.32 Å². The zero-order valence-electron chi connectivity index (χ0n) is 12.4. The number of aromatic nitrogens is 3. The minimum absolute atomic E-state index is 0.183. The number of rotatable bonds is 3. The first-order valence-corrected chi connectivity index (χ1v) is 8.82. The van der Waals surface area contributed by atoms with E-state index in [0.29, 0.717) is 23.3 Å². The first kappa shape index (κ1) is 14.6. The first-order chi connectivity index (χ1) is 11.2. The van der Waals surface area contributed by atoms with Gasteiger partial charge in [-0.3, -0.25) is 15.2 Å². The summed E-state index contributed by atoms with van der Waals surface area (Å²) >= 11 is 3.14. The number of carbonyl (C=O) groups excluding carboxylic acids is 1. The van der Waals surface area contributed by atoms with E-state index in [0.717, 1.165) is 23.5 Å². The van der Waals surface area contributed by atoms with E-state index in [4.69, 9.17) is 4.74 Å². The van der Waals surface area contributed by atoms with Gasteiger partial charge in [0, 0.05) is 16.2 Å². The van der Waals surface area contributed by atoms with Gasteiger partial charge in [0.05, 0.1) is 23.0 Å². The van der Waals surface area contributed by atoms with Crippen molar-refractivity contribution in [2.45, 2.75) is 20.0 Å². The van der Waals surface area contributed by atoms with Gasteiger partial charge < -0.3 is 4.74 Å². The lowest BCUT2D eigenvalue weighted by Gasteiger charge is -2.10. The molecule has 0 aromatic carbocycles. The number of ether oxygens (including phenoxy) is 1. The minimum atomic E-state index is -0.183. The molecule has 3 aromatic rings. The van der Waals surface area contributed by atoms with Crippen molar-refractivity contribution in [3.8, 4) is 10.7 Å². The van der Waals surface area contributed by atoms with Crippen LogP contribution >= 0.6 is 22.7 Å². The van der Waals surface area contributed by atoms with E-state index in [-0.39, 0.29) is 5.91 Å².